The van der Waals surface area contributed by atoms with Crippen molar-refractivity contribution in [1.29, 1.82) is 0 Å². The second-order valence-corrected chi connectivity index (χ2v) is 5.37. The Balaban J connectivity index is 1.67. The largest absolute Gasteiger partial charge is 0.352 e. The third kappa shape index (κ3) is 4.06. The summed E-state index contributed by atoms with van der Waals surface area (Å²) in [5.74, 6) is 1.16. The van der Waals surface area contributed by atoms with E-state index in [1.54, 1.807) is 6.20 Å². The number of amides is 1. The van der Waals surface area contributed by atoms with Gasteiger partial charge in [-0.25, -0.2) is 4.98 Å². The van der Waals surface area contributed by atoms with Crippen LogP contribution in [-0.4, -0.2) is 34.1 Å². The first-order chi connectivity index (χ1) is 9.16. The van der Waals surface area contributed by atoms with Crippen molar-refractivity contribution in [2.75, 3.05) is 6.54 Å². The van der Waals surface area contributed by atoms with E-state index in [0.717, 1.165) is 31.6 Å². The molecule has 1 saturated carbocycles. The third-order valence-electron chi connectivity index (χ3n) is 3.81. The van der Waals surface area contributed by atoms with Gasteiger partial charge in [-0.1, -0.05) is 12.8 Å². The summed E-state index contributed by atoms with van der Waals surface area (Å²) in [6.07, 6.45) is 9.32. The summed E-state index contributed by atoms with van der Waals surface area (Å²) < 4.78 is 2.00. The number of imidazole rings is 1. The Morgan fingerprint density at radius 3 is 2.89 bits per heavy atom. The molecule has 1 aromatic heterocycles. The summed E-state index contributed by atoms with van der Waals surface area (Å²) in [5, 5.41) is 6.37. The molecule has 106 valence electrons. The van der Waals surface area contributed by atoms with Crippen LogP contribution >= 0.6 is 0 Å². The van der Waals surface area contributed by atoms with Gasteiger partial charge < -0.3 is 15.2 Å². The first kappa shape index (κ1) is 14.1. The molecule has 1 aliphatic carbocycles. The van der Waals surface area contributed by atoms with Crippen molar-refractivity contribution in [2.24, 2.45) is 7.05 Å². The Kier molecular flexibility index (Phi) is 4.96. The minimum absolute atomic E-state index is 0.117. The van der Waals surface area contributed by atoms with Crippen molar-refractivity contribution in [3.63, 3.8) is 0 Å². The number of aryl methyl sites for hydroxylation is 1. The topological polar surface area (TPSA) is 59.0 Å². The molecule has 0 aliphatic heterocycles. The van der Waals surface area contributed by atoms with E-state index >= 15 is 0 Å². The standard InChI is InChI=1S/C14H24N4O/c1-11(14(19)17-12-5-3-4-6-12)15-8-7-13-16-9-10-18(13)2/h9-12,15H,3-8H2,1-2H3,(H,17,19). The molecular weight excluding hydrogens is 240 g/mol. The monoisotopic (exact) mass is 264 g/mol. The maximum atomic E-state index is 12.0. The maximum absolute atomic E-state index is 12.0. The lowest BCUT2D eigenvalue weighted by Gasteiger charge is -2.17. The van der Waals surface area contributed by atoms with E-state index in [2.05, 4.69) is 15.6 Å². The molecule has 0 saturated heterocycles. The van der Waals surface area contributed by atoms with E-state index in [1.165, 1.54) is 12.8 Å². The number of carbonyl (C=O) groups excluding carboxylic acids is 1. The lowest BCUT2D eigenvalue weighted by molar-refractivity contribution is -0.123. The van der Waals surface area contributed by atoms with Gasteiger partial charge in [-0.05, 0) is 19.8 Å². The van der Waals surface area contributed by atoms with Gasteiger partial charge >= 0.3 is 0 Å². The summed E-state index contributed by atoms with van der Waals surface area (Å²) in [7, 11) is 1.98. The fourth-order valence-corrected chi connectivity index (χ4v) is 2.53. The Bertz CT molecular complexity index is 409. The lowest BCUT2D eigenvalue weighted by Crippen LogP contribution is -2.46. The normalized spacial score (nSPS) is 17.6. The van der Waals surface area contributed by atoms with Gasteiger partial charge in [0, 0.05) is 38.4 Å². The van der Waals surface area contributed by atoms with Crippen LogP contribution < -0.4 is 10.6 Å². The van der Waals surface area contributed by atoms with Gasteiger partial charge in [0.1, 0.15) is 5.82 Å². The van der Waals surface area contributed by atoms with Crippen LogP contribution in [-0.2, 0) is 18.3 Å². The van der Waals surface area contributed by atoms with E-state index in [-0.39, 0.29) is 11.9 Å². The third-order valence-corrected chi connectivity index (χ3v) is 3.81. The van der Waals surface area contributed by atoms with Crippen molar-refractivity contribution < 1.29 is 4.79 Å². The van der Waals surface area contributed by atoms with Gasteiger partial charge in [-0.15, -0.1) is 0 Å². The van der Waals surface area contributed by atoms with Crippen LogP contribution in [0.15, 0.2) is 12.4 Å². The molecule has 1 fully saturated rings. The van der Waals surface area contributed by atoms with E-state index in [0.29, 0.717) is 6.04 Å². The first-order valence-electron chi connectivity index (χ1n) is 7.17. The van der Waals surface area contributed by atoms with Gasteiger partial charge in [-0.3, -0.25) is 4.79 Å². The van der Waals surface area contributed by atoms with Crippen molar-refractivity contribution in [1.82, 2.24) is 20.2 Å². The Hall–Kier alpha value is -1.36. The van der Waals surface area contributed by atoms with Crippen molar-refractivity contribution in [3.8, 4) is 0 Å². The summed E-state index contributed by atoms with van der Waals surface area (Å²) in [6.45, 7) is 2.69. The van der Waals surface area contributed by atoms with Crippen LogP contribution in [0.2, 0.25) is 0 Å². The van der Waals surface area contributed by atoms with Crippen LogP contribution in [0.25, 0.3) is 0 Å². The molecule has 0 bridgehead atoms. The quantitative estimate of drug-likeness (QED) is 0.806. The van der Waals surface area contributed by atoms with Crippen LogP contribution in [0.4, 0.5) is 0 Å². The SMILES string of the molecule is CC(NCCc1nccn1C)C(=O)NC1CCCC1. The molecule has 1 unspecified atom stereocenters. The van der Waals surface area contributed by atoms with Crippen molar-refractivity contribution in [3.05, 3.63) is 18.2 Å². The molecule has 1 heterocycles. The average Bonchev–Trinajstić information content (AvgIpc) is 3.02. The Labute approximate surface area is 114 Å². The minimum atomic E-state index is -0.138. The van der Waals surface area contributed by atoms with E-state index < -0.39 is 0 Å². The van der Waals surface area contributed by atoms with E-state index in [1.807, 2.05) is 24.7 Å². The summed E-state index contributed by atoms with van der Waals surface area (Å²) >= 11 is 0. The predicted octanol–water partition coefficient (Wildman–Crippen LogP) is 0.999. The maximum Gasteiger partial charge on any atom is 0.237 e. The average molecular weight is 264 g/mol. The molecule has 2 N–H and O–H groups in total. The molecule has 19 heavy (non-hydrogen) atoms. The van der Waals surface area contributed by atoms with Gasteiger partial charge in [0.2, 0.25) is 5.91 Å². The number of hydrogen-bond acceptors (Lipinski definition) is 3. The number of carbonyl (C=O) groups is 1. The molecule has 1 aromatic rings. The molecule has 5 heteroatoms. The molecule has 2 rings (SSSR count). The predicted molar refractivity (Wildman–Crippen MR) is 74.8 cm³/mol. The van der Waals surface area contributed by atoms with E-state index in [4.69, 9.17) is 0 Å². The molecule has 1 aliphatic rings. The molecule has 1 atom stereocenters. The highest BCUT2D eigenvalue weighted by Crippen LogP contribution is 2.17. The van der Waals surface area contributed by atoms with E-state index in [9.17, 15) is 4.79 Å². The highest BCUT2D eigenvalue weighted by molar-refractivity contribution is 5.81. The summed E-state index contributed by atoms with van der Waals surface area (Å²) in [4.78, 5) is 16.2. The number of rotatable bonds is 6. The number of hydrogen-bond donors (Lipinski definition) is 2. The highest BCUT2D eigenvalue weighted by Gasteiger charge is 2.20. The van der Waals surface area contributed by atoms with Crippen LogP contribution in [0, 0.1) is 0 Å². The number of aromatic nitrogens is 2. The highest BCUT2D eigenvalue weighted by atomic mass is 16.2. The summed E-state index contributed by atoms with van der Waals surface area (Å²) in [5.41, 5.74) is 0. The number of nitrogens with one attached hydrogen (secondary N) is 2. The molecule has 5 nitrogen and oxygen atoms in total. The first-order valence-corrected chi connectivity index (χ1v) is 7.17. The summed E-state index contributed by atoms with van der Waals surface area (Å²) in [6, 6.07) is 0.257. The second-order valence-electron chi connectivity index (χ2n) is 5.37. The minimum Gasteiger partial charge on any atom is -0.352 e. The zero-order valence-electron chi connectivity index (χ0n) is 11.9. The zero-order chi connectivity index (χ0) is 13.7. The molecule has 0 radical (unpaired) electrons. The Morgan fingerprint density at radius 2 is 2.26 bits per heavy atom. The van der Waals surface area contributed by atoms with Gasteiger partial charge in [0.05, 0.1) is 6.04 Å². The van der Waals surface area contributed by atoms with Crippen LogP contribution in [0.5, 0.6) is 0 Å². The molecule has 0 spiro atoms. The van der Waals surface area contributed by atoms with Crippen LogP contribution in [0.3, 0.4) is 0 Å². The van der Waals surface area contributed by atoms with Crippen molar-refractivity contribution in [2.45, 2.75) is 51.1 Å². The smallest absolute Gasteiger partial charge is 0.237 e. The van der Waals surface area contributed by atoms with Gasteiger partial charge in [0.25, 0.3) is 0 Å². The lowest BCUT2D eigenvalue weighted by atomic mass is 10.2. The number of nitrogens with zero attached hydrogens (tertiary/aromatic N) is 2. The van der Waals surface area contributed by atoms with Gasteiger partial charge in [-0.2, -0.15) is 0 Å². The van der Waals surface area contributed by atoms with Crippen LogP contribution in [0.1, 0.15) is 38.4 Å². The molecule has 1 amide bonds. The van der Waals surface area contributed by atoms with Crippen molar-refractivity contribution >= 4 is 5.91 Å². The molecular formula is C14H24N4O. The zero-order valence-corrected chi connectivity index (χ0v) is 11.9. The molecule has 0 aromatic carbocycles. The fourth-order valence-electron chi connectivity index (χ4n) is 2.53. The fraction of sp³-hybridized carbons (Fsp3) is 0.714. The Morgan fingerprint density at radius 1 is 1.53 bits per heavy atom. The second kappa shape index (κ2) is 6.70. The van der Waals surface area contributed by atoms with Gasteiger partial charge in [0.15, 0.2) is 0 Å².